The maximum absolute atomic E-state index is 6.00. The van der Waals surface area contributed by atoms with Crippen LogP contribution in [0.25, 0.3) is 0 Å². The number of aromatic nitrogens is 4. The molecule has 22 heavy (non-hydrogen) atoms. The number of anilines is 1. The van der Waals surface area contributed by atoms with Gasteiger partial charge >= 0.3 is 0 Å². The third-order valence-corrected chi connectivity index (χ3v) is 4.22. The van der Waals surface area contributed by atoms with Gasteiger partial charge in [0.05, 0.1) is 12.1 Å². The molecule has 0 unspecified atom stereocenters. The highest BCUT2D eigenvalue weighted by molar-refractivity contribution is 6.30. The first-order chi connectivity index (χ1) is 10.8. The zero-order valence-electron chi connectivity index (χ0n) is 11.7. The Labute approximate surface area is 133 Å². The SMILES string of the molecule is Clc1ccc([C@H]2C[C@H](c3cccnc3)Nc3ncnn32)cc1. The Kier molecular flexibility index (Phi) is 3.27. The number of rotatable bonds is 2. The number of halogens is 1. The van der Waals surface area contributed by atoms with E-state index >= 15 is 0 Å². The average Bonchev–Trinajstić information content (AvgIpc) is 3.04. The summed E-state index contributed by atoms with van der Waals surface area (Å²) in [4.78, 5) is 8.53. The largest absolute Gasteiger partial charge is 0.347 e. The maximum Gasteiger partial charge on any atom is 0.222 e. The van der Waals surface area contributed by atoms with E-state index in [1.54, 1.807) is 12.5 Å². The summed E-state index contributed by atoms with van der Waals surface area (Å²) in [5.74, 6) is 0.778. The molecule has 0 saturated heterocycles. The van der Waals surface area contributed by atoms with Crippen LogP contribution in [0.15, 0.2) is 55.1 Å². The monoisotopic (exact) mass is 311 g/mol. The first-order valence-corrected chi connectivity index (χ1v) is 7.50. The van der Waals surface area contributed by atoms with Crippen LogP contribution in [0, 0.1) is 0 Å². The molecule has 1 N–H and O–H groups in total. The van der Waals surface area contributed by atoms with Crippen LogP contribution in [0.5, 0.6) is 0 Å². The van der Waals surface area contributed by atoms with E-state index < -0.39 is 0 Å². The molecule has 1 aromatic carbocycles. The van der Waals surface area contributed by atoms with Gasteiger partial charge in [0.25, 0.3) is 0 Å². The fourth-order valence-corrected chi connectivity index (χ4v) is 3.01. The minimum Gasteiger partial charge on any atom is -0.347 e. The molecule has 110 valence electrons. The van der Waals surface area contributed by atoms with E-state index in [4.69, 9.17) is 11.6 Å². The number of hydrogen-bond donors (Lipinski definition) is 1. The molecule has 6 heteroatoms. The van der Waals surface area contributed by atoms with Gasteiger partial charge in [-0.25, -0.2) is 4.68 Å². The van der Waals surface area contributed by atoms with E-state index in [0.29, 0.717) is 0 Å². The predicted octanol–water partition coefficient (Wildman–Crippen LogP) is 3.47. The van der Waals surface area contributed by atoms with Crippen LogP contribution in [0.4, 0.5) is 5.95 Å². The summed E-state index contributed by atoms with van der Waals surface area (Å²) < 4.78 is 1.93. The van der Waals surface area contributed by atoms with Gasteiger partial charge in [-0.3, -0.25) is 4.98 Å². The van der Waals surface area contributed by atoms with Crippen LogP contribution in [0.3, 0.4) is 0 Å². The van der Waals surface area contributed by atoms with Crippen LogP contribution in [-0.4, -0.2) is 19.7 Å². The molecule has 5 nitrogen and oxygen atoms in total. The molecule has 4 rings (SSSR count). The van der Waals surface area contributed by atoms with Gasteiger partial charge in [-0.2, -0.15) is 10.1 Å². The number of nitrogens with zero attached hydrogens (tertiary/aromatic N) is 4. The van der Waals surface area contributed by atoms with Crippen LogP contribution >= 0.6 is 11.6 Å². The molecular weight excluding hydrogens is 298 g/mol. The molecule has 0 radical (unpaired) electrons. The molecule has 0 spiro atoms. The number of nitrogens with one attached hydrogen (secondary N) is 1. The van der Waals surface area contributed by atoms with E-state index in [2.05, 4.69) is 26.4 Å². The van der Waals surface area contributed by atoms with Crippen molar-refractivity contribution in [3.05, 3.63) is 71.3 Å². The van der Waals surface area contributed by atoms with Gasteiger partial charge in [-0.05, 0) is 35.7 Å². The summed E-state index contributed by atoms with van der Waals surface area (Å²) in [5, 5.41) is 8.52. The summed E-state index contributed by atoms with van der Waals surface area (Å²) in [6.07, 6.45) is 6.13. The van der Waals surface area contributed by atoms with Crippen molar-refractivity contribution in [2.45, 2.75) is 18.5 Å². The van der Waals surface area contributed by atoms with Crippen LogP contribution in [0.1, 0.15) is 29.6 Å². The Morgan fingerprint density at radius 1 is 1.14 bits per heavy atom. The second kappa shape index (κ2) is 5.42. The summed E-state index contributed by atoms with van der Waals surface area (Å²) in [6, 6.07) is 12.2. The normalized spacial score (nSPS) is 20.2. The summed E-state index contributed by atoms with van der Waals surface area (Å²) >= 11 is 6.00. The van der Waals surface area contributed by atoms with Gasteiger partial charge in [-0.1, -0.05) is 29.8 Å². The zero-order valence-corrected chi connectivity index (χ0v) is 12.5. The predicted molar refractivity (Wildman–Crippen MR) is 84.8 cm³/mol. The molecule has 1 aliphatic heterocycles. The van der Waals surface area contributed by atoms with Gasteiger partial charge in [0.15, 0.2) is 0 Å². The quantitative estimate of drug-likeness (QED) is 0.787. The smallest absolute Gasteiger partial charge is 0.222 e. The van der Waals surface area contributed by atoms with Gasteiger partial charge < -0.3 is 5.32 Å². The van der Waals surface area contributed by atoms with Crippen LogP contribution in [0.2, 0.25) is 5.02 Å². The van der Waals surface area contributed by atoms with E-state index in [0.717, 1.165) is 23.0 Å². The number of pyridine rings is 1. The molecule has 0 bridgehead atoms. The fourth-order valence-electron chi connectivity index (χ4n) is 2.88. The summed E-state index contributed by atoms with van der Waals surface area (Å²) in [6.45, 7) is 0. The minimum atomic E-state index is 0.126. The molecule has 0 fully saturated rings. The first-order valence-electron chi connectivity index (χ1n) is 7.13. The molecule has 0 saturated carbocycles. The number of hydrogen-bond acceptors (Lipinski definition) is 4. The van der Waals surface area contributed by atoms with Crippen molar-refractivity contribution in [2.75, 3.05) is 5.32 Å². The van der Waals surface area contributed by atoms with E-state index in [1.807, 2.05) is 41.2 Å². The highest BCUT2D eigenvalue weighted by Gasteiger charge is 2.29. The average molecular weight is 312 g/mol. The fraction of sp³-hybridized carbons (Fsp3) is 0.188. The Balaban J connectivity index is 1.73. The number of benzene rings is 1. The van der Waals surface area contributed by atoms with Gasteiger partial charge in [0, 0.05) is 17.4 Å². The van der Waals surface area contributed by atoms with E-state index in [1.165, 1.54) is 5.56 Å². The van der Waals surface area contributed by atoms with E-state index in [9.17, 15) is 0 Å². The zero-order chi connectivity index (χ0) is 14.9. The highest BCUT2D eigenvalue weighted by Crippen LogP contribution is 2.37. The van der Waals surface area contributed by atoms with Crippen molar-refractivity contribution in [2.24, 2.45) is 0 Å². The lowest BCUT2D eigenvalue weighted by molar-refractivity contribution is 0.430. The lowest BCUT2D eigenvalue weighted by Gasteiger charge is -2.31. The molecule has 1 aliphatic rings. The molecule has 3 heterocycles. The van der Waals surface area contributed by atoms with Crippen molar-refractivity contribution in [1.82, 2.24) is 19.7 Å². The Morgan fingerprint density at radius 2 is 2.00 bits per heavy atom. The van der Waals surface area contributed by atoms with Crippen LogP contribution < -0.4 is 5.32 Å². The molecule has 2 atom stereocenters. The first kappa shape index (κ1) is 13.3. The minimum absolute atomic E-state index is 0.126. The van der Waals surface area contributed by atoms with Crippen molar-refractivity contribution in [3.63, 3.8) is 0 Å². The second-order valence-corrected chi connectivity index (χ2v) is 5.75. The topological polar surface area (TPSA) is 55.6 Å². The third kappa shape index (κ3) is 2.33. The van der Waals surface area contributed by atoms with Gasteiger partial charge in [0.2, 0.25) is 5.95 Å². The second-order valence-electron chi connectivity index (χ2n) is 5.31. The molecule has 0 aliphatic carbocycles. The highest BCUT2D eigenvalue weighted by atomic mass is 35.5. The summed E-state index contributed by atoms with van der Waals surface area (Å²) in [5.41, 5.74) is 2.32. The van der Waals surface area contributed by atoms with Gasteiger partial charge in [0.1, 0.15) is 6.33 Å². The van der Waals surface area contributed by atoms with Crippen LogP contribution in [-0.2, 0) is 0 Å². The van der Waals surface area contributed by atoms with Crippen molar-refractivity contribution < 1.29 is 0 Å². The Morgan fingerprint density at radius 3 is 2.77 bits per heavy atom. The molecule has 0 amide bonds. The standard InChI is InChI=1S/C16H14ClN5/c17-13-5-3-11(4-6-13)15-8-14(12-2-1-7-18-9-12)21-16-19-10-20-22(15)16/h1-7,9-10,14-15H,8H2,(H,19,20,21)/t14-,15-/m1/s1. The maximum atomic E-state index is 6.00. The van der Waals surface area contributed by atoms with Crippen molar-refractivity contribution in [3.8, 4) is 0 Å². The van der Waals surface area contributed by atoms with Crippen molar-refractivity contribution in [1.29, 1.82) is 0 Å². The summed E-state index contributed by atoms with van der Waals surface area (Å²) in [7, 11) is 0. The van der Waals surface area contributed by atoms with Gasteiger partial charge in [-0.15, -0.1) is 0 Å². The molecule has 2 aromatic heterocycles. The number of fused-ring (bicyclic) bond motifs is 1. The lowest BCUT2D eigenvalue weighted by atomic mass is 9.94. The Hall–Kier alpha value is -2.40. The lowest BCUT2D eigenvalue weighted by Crippen LogP contribution is -2.28. The Bertz CT molecular complexity index is 769. The van der Waals surface area contributed by atoms with E-state index in [-0.39, 0.29) is 12.1 Å². The molecular formula is C16H14ClN5. The molecule has 3 aromatic rings. The van der Waals surface area contributed by atoms with Crippen molar-refractivity contribution >= 4 is 17.5 Å². The third-order valence-electron chi connectivity index (χ3n) is 3.97.